The van der Waals surface area contributed by atoms with Crippen LogP contribution < -0.4 is 10.2 Å². The van der Waals surface area contributed by atoms with Crippen molar-refractivity contribution < 1.29 is 13.9 Å². The summed E-state index contributed by atoms with van der Waals surface area (Å²) >= 11 is 0. The van der Waals surface area contributed by atoms with E-state index >= 15 is 0 Å². The number of hydrogen-bond acceptors (Lipinski definition) is 7. The van der Waals surface area contributed by atoms with Gasteiger partial charge in [0.1, 0.15) is 24.1 Å². The summed E-state index contributed by atoms with van der Waals surface area (Å²) in [4.78, 5) is 30.8. The lowest BCUT2D eigenvalue weighted by Crippen LogP contribution is -2.25. The maximum absolute atomic E-state index is 13.5. The van der Waals surface area contributed by atoms with Gasteiger partial charge in [0.05, 0.1) is 12.6 Å². The molecule has 0 saturated carbocycles. The van der Waals surface area contributed by atoms with Crippen LogP contribution in [0.3, 0.4) is 0 Å². The molecule has 1 saturated heterocycles. The van der Waals surface area contributed by atoms with Crippen LogP contribution in [-0.2, 0) is 4.74 Å². The van der Waals surface area contributed by atoms with Crippen molar-refractivity contribution in [3.05, 3.63) is 60.1 Å². The first kappa shape index (κ1) is 19.7. The first-order valence-corrected chi connectivity index (χ1v) is 9.67. The molecule has 1 atom stereocenters. The van der Waals surface area contributed by atoms with Crippen LogP contribution in [0.4, 0.5) is 21.0 Å². The molecule has 30 heavy (non-hydrogen) atoms. The van der Waals surface area contributed by atoms with Crippen LogP contribution in [0.15, 0.2) is 42.9 Å². The summed E-state index contributed by atoms with van der Waals surface area (Å²) in [6.07, 6.45) is 5.31. The number of halogens is 1. The summed E-state index contributed by atoms with van der Waals surface area (Å²) in [6.45, 7) is 4.53. The fourth-order valence-corrected chi connectivity index (χ4v) is 3.17. The number of carbonyl (C=O) groups excluding carboxylic acids is 1. The fourth-order valence-electron chi connectivity index (χ4n) is 3.17. The molecule has 2 aromatic heterocycles. The summed E-state index contributed by atoms with van der Waals surface area (Å²) in [5, 5.41) is 3.22. The summed E-state index contributed by atoms with van der Waals surface area (Å²) in [6, 6.07) is 6.37. The zero-order valence-electron chi connectivity index (χ0n) is 16.7. The Bertz CT molecular complexity index is 1060. The molecule has 1 aliphatic rings. The van der Waals surface area contributed by atoms with E-state index in [0.717, 1.165) is 11.1 Å². The van der Waals surface area contributed by atoms with Crippen molar-refractivity contribution in [1.82, 2.24) is 19.9 Å². The molecular weight excluding hydrogens is 387 g/mol. The molecule has 1 aromatic carbocycles. The van der Waals surface area contributed by atoms with Gasteiger partial charge in [-0.15, -0.1) is 0 Å². The van der Waals surface area contributed by atoms with Gasteiger partial charge in [-0.2, -0.15) is 4.98 Å². The van der Waals surface area contributed by atoms with E-state index in [1.54, 1.807) is 43.7 Å². The maximum atomic E-state index is 13.5. The number of cyclic esters (lactones) is 1. The van der Waals surface area contributed by atoms with E-state index in [2.05, 4.69) is 25.3 Å². The van der Waals surface area contributed by atoms with Crippen LogP contribution in [0, 0.1) is 12.7 Å². The van der Waals surface area contributed by atoms with Crippen molar-refractivity contribution in [3.8, 4) is 11.1 Å². The molecular formula is C21H21FN6O2. The predicted molar refractivity (Wildman–Crippen MR) is 110 cm³/mol. The summed E-state index contributed by atoms with van der Waals surface area (Å²) in [7, 11) is 0. The standard InChI is InChI=1S/C21H21FN6O2/c1-3-17(26-20-23-7-6-18(27-20)28-8-9-30-21(28)29)19-24-11-15(12-25-19)14-4-5-16(22)13(2)10-14/h4-7,10-12,17H,3,8-9H2,1-2H3,(H,23,26,27). The summed E-state index contributed by atoms with van der Waals surface area (Å²) in [5.74, 6) is 1.21. The number of carbonyl (C=O) groups is 1. The monoisotopic (exact) mass is 408 g/mol. The van der Waals surface area contributed by atoms with Crippen molar-refractivity contribution in [2.75, 3.05) is 23.4 Å². The molecule has 0 aliphatic carbocycles. The molecule has 4 rings (SSSR count). The average molecular weight is 408 g/mol. The molecule has 1 fully saturated rings. The summed E-state index contributed by atoms with van der Waals surface area (Å²) < 4.78 is 18.5. The topological polar surface area (TPSA) is 93.1 Å². The minimum absolute atomic E-state index is 0.213. The fraction of sp³-hybridized carbons (Fsp3) is 0.286. The van der Waals surface area contributed by atoms with Gasteiger partial charge >= 0.3 is 6.09 Å². The van der Waals surface area contributed by atoms with E-state index < -0.39 is 6.09 Å². The normalized spacial score (nSPS) is 14.5. The quantitative estimate of drug-likeness (QED) is 0.661. The zero-order valence-corrected chi connectivity index (χ0v) is 16.7. The third kappa shape index (κ3) is 4.05. The van der Waals surface area contributed by atoms with Crippen molar-refractivity contribution in [2.45, 2.75) is 26.3 Å². The second kappa shape index (κ2) is 8.40. The maximum Gasteiger partial charge on any atom is 0.415 e. The Labute approximate surface area is 173 Å². The van der Waals surface area contributed by atoms with Crippen LogP contribution in [0.5, 0.6) is 0 Å². The third-order valence-electron chi connectivity index (χ3n) is 4.86. The Morgan fingerprint density at radius 3 is 2.67 bits per heavy atom. The van der Waals surface area contributed by atoms with E-state index in [1.165, 1.54) is 11.0 Å². The minimum Gasteiger partial charge on any atom is -0.447 e. The Kier molecular flexibility index (Phi) is 5.51. The number of aromatic nitrogens is 4. The molecule has 154 valence electrons. The van der Waals surface area contributed by atoms with Crippen LogP contribution in [0.25, 0.3) is 11.1 Å². The van der Waals surface area contributed by atoms with Crippen molar-refractivity contribution in [2.24, 2.45) is 0 Å². The van der Waals surface area contributed by atoms with E-state index in [1.807, 2.05) is 6.92 Å². The van der Waals surface area contributed by atoms with Gasteiger partial charge in [-0.25, -0.2) is 24.1 Å². The largest absolute Gasteiger partial charge is 0.447 e. The summed E-state index contributed by atoms with van der Waals surface area (Å²) in [5.41, 5.74) is 2.24. The van der Waals surface area contributed by atoms with Crippen LogP contribution in [0.1, 0.15) is 30.8 Å². The second-order valence-corrected chi connectivity index (χ2v) is 6.90. The van der Waals surface area contributed by atoms with Gasteiger partial charge in [-0.05, 0) is 42.7 Å². The molecule has 3 heterocycles. The van der Waals surface area contributed by atoms with Crippen LogP contribution >= 0.6 is 0 Å². The Morgan fingerprint density at radius 2 is 2.00 bits per heavy atom. The van der Waals surface area contributed by atoms with Crippen LogP contribution in [-0.4, -0.2) is 39.2 Å². The van der Waals surface area contributed by atoms with Gasteiger partial charge in [0.25, 0.3) is 0 Å². The van der Waals surface area contributed by atoms with Crippen molar-refractivity contribution >= 4 is 17.9 Å². The smallest absolute Gasteiger partial charge is 0.415 e. The molecule has 1 unspecified atom stereocenters. The number of aryl methyl sites for hydroxylation is 1. The average Bonchev–Trinajstić information content (AvgIpc) is 3.20. The molecule has 1 amide bonds. The number of anilines is 2. The first-order valence-electron chi connectivity index (χ1n) is 9.67. The Balaban J connectivity index is 1.51. The van der Waals surface area contributed by atoms with Crippen LogP contribution in [0.2, 0.25) is 0 Å². The Hall–Kier alpha value is -3.62. The number of nitrogens with zero attached hydrogens (tertiary/aromatic N) is 5. The van der Waals surface area contributed by atoms with Gasteiger partial charge in [0.15, 0.2) is 0 Å². The molecule has 1 N–H and O–H groups in total. The molecule has 0 bridgehead atoms. The van der Waals surface area contributed by atoms with E-state index in [0.29, 0.717) is 42.7 Å². The molecule has 0 spiro atoms. The first-order chi connectivity index (χ1) is 14.5. The SMILES string of the molecule is CCC(Nc1nccc(N2CCOC2=O)n1)c1ncc(-c2ccc(F)c(C)c2)cn1. The van der Waals surface area contributed by atoms with Gasteiger partial charge in [-0.1, -0.05) is 13.0 Å². The van der Waals surface area contributed by atoms with Gasteiger partial charge in [-0.3, -0.25) is 4.90 Å². The lowest BCUT2D eigenvalue weighted by Gasteiger charge is -2.17. The highest BCUT2D eigenvalue weighted by Crippen LogP contribution is 2.24. The molecule has 0 radical (unpaired) electrons. The highest BCUT2D eigenvalue weighted by atomic mass is 19.1. The highest BCUT2D eigenvalue weighted by molar-refractivity contribution is 5.88. The van der Waals surface area contributed by atoms with E-state index in [-0.39, 0.29) is 11.9 Å². The van der Waals surface area contributed by atoms with Gasteiger partial charge < -0.3 is 10.1 Å². The van der Waals surface area contributed by atoms with Gasteiger partial charge in [0.2, 0.25) is 5.95 Å². The number of rotatable bonds is 6. The van der Waals surface area contributed by atoms with Crippen molar-refractivity contribution in [1.29, 1.82) is 0 Å². The number of amides is 1. The third-order valence-corrected chi connectivity index (χ3v) is 4.86. The molecule has 3 aromatic rings. The number of hydrogen-bond donors (Lipinski definition) is 1. The van der Waals surface area contributed by atoms with E-state index in [4.69, 9.17) is 4.74 Å². The number of nitrogens with one attached hydrogen (secondary N) is 1. The molecule has 1 aliphatic heterocycles. The second-order valence-electron chi connectivity index (χ2n) is 6.90. The lowest BCUT2D eigenvalue weighted by atomic mass is 10.1. The van der Waals surface area contributed by atoms with E-state index in [9.17, 15) is 9.18 Å². The predicted octanol–water partition coefficient (Wildman–Crippen LogP) is 3.90. The van der Waals surface area contributed by atoms with Gasteiger partial charge in [0, 0.05) is 24.2 Å². The van der Waals surface area contributed by atoms with Crippen molar-refractivity contribution in [3.63, 3.8) is 0 Å². The highest BCUT2D eigenvalue weighted by Gasteiger charge is 2.25. The number of benzene rings is 1. The minimum atomic E-state index is -0.415. The molecule has 8 nitrogen and oxygen atoms in total. The lowest BCUT2D eigenvalue weighted by molar-refractivity contribution is 0.181. The molecule has 9 heteroatoms. The zero-order chi connectivity index (χ0) is 21.1. The number of ether oxygens (including phenoxy) is 1. The Morgan fingerprint density at radius 1 is 1.20 bits per heavy atom.